The normalized spacial score (nSPS) is 18.4. The summed E-state index contributed by atoms with van der Waals surface area (Å²) in [6, 6.07) is 0.222. The van der Waals surface area contributed by atoms with Gasteiger partial charge in [-0.1, -0.05) is 6.92 Å². The molecule has 16 heavy (non-hydrogen) atoms. The van der Waals surface area contributed by atoms with Gasteiger partial charge in [-0.2, -0.15) is 0 Å². The zero-order valence-corrected chi connectivity index (χ0v) is 11.0. The van der Waals surface area contributed by atoms with Gasteiger partial charge in [0.05, 0.1) is 10.7 Å². The van der Waals surface area contributed by atoms with Gasteiger partial charge in [0.1, 0.15) is 0 Å². The highest BCUT2D eigenvalue weighted by Crippen LogP contribution is 2.25. The van der Waals surface area contributed by atoms with Gasteiger partial charge < -0.3 is 5.73 Å². The van der Waals surface area contributed by atoms with E-state index >= 15 is 0 Å². The molecule has 1 aromatic rings. The van der Waals surface area contributed by atoms with Crippen molar-refractivity contribution >= 4 is 11.3 Å². The summed E-state index contributed by atoms with van der Waals surface area (Å²) in [5.74, 6) is 0. The molecule has 1 aliphatic rings. The van der Waals surface area contributed by atoms with Crippen LogP contribution in [0.2, 0.25) is 0 Å². The van der Waals surface area contributed by atoms with Crippen LogP contribution >= 0.6 is 11.3 Å². The van der Waals surface area contributed by atoms with E-state index in [1.807, 2.05) is 18.3 Å². The van der Waals surface area contributed by atoms with Crippen LogP contribution in [0, 0.1) is 0 Å². The highest BCUT2D eigenvalue weighted by Gasteiger charge is 2.20. The van der Waals surface area contributed by atoms with Crippen LogP contribution in [0.1, 0.15) is 35.8 Å². The van der Waals surface area contributed by atoms with E-state index in [9.17, 15) is 0 Å². The average molecular weight is 239 g/mol. The smallest absolute Gasteiger partial charge is 0.0946 e. The Kier molecular flexibility index (Phi) is 3.95. The fourth-order valence-corrected chi connectivity index (χ4v) is 3.47. The summed E-state index contributed by atoms with van der Waals surface area (Å²) >= 11 is 1.86. The van der Waals surface area contributed by atoms with E-state index in [-0.39, 0.29) is 6.04 Å². The van der Waals surface area contributed by atoms with Gasteiger partial charge >= 0.3 is 0 Å². The van der Waals surface area contributed by atoms with Crippen molar-refractivity contribution in [3.8, 4) is 0 Å². The van der Waals surface area contributed by atoms with Crippen molar-refractivity contribution in [1.29, 1.82) is 0 Å². The number of nitrogens with two attached hydrogens (primary N) is 1. The molecule has 0 amide bonds. The summed E-state index contributed by atoms with van der Waals surface area (Å²) in [6.07, 6.45) is 3.27. The molecule has 0 spiro atoms. The second-order valence-corrected chi connectivity index (χ2v) is 5.85. The van der Waals surface area contributed by atoms with E-state index in [2.05, 4.69) is 11.8 Å². The monoisotopic (exact) mass is 239 g/mol. The highest BCUT2D eigenvalue weighted by atomic mass is 32.1. The Labute approximate surface area is 102 Å². The van der Waals surface area contributed by atoms with Gasteiger partial charge in [-0.15, -0.1) is 11.3 Å². The molecule has 0 saturated heterocycles. The van der Waals surface area contributed by atoms with Crippen molar-refractivity contribution < 1.29 is 0 Å². The lowest BCUT2D eigenvalue weighted by atomic mass is 10.1. The van der Waals surface area contributed by atoms with Crippen LogP contribution in [-0.2, 0) is 19.4 Å². The summed E-state index contributed by atoms with van der Waals surface area (Å²) in [5.41, 5.74) is 7.14. The summed E-state index contributed by atoms with van der Waals surface area (Å²) < 4.78 is 0. The van der Waals surface area contributed by atoms with E-state index in [0.29, 0.717) is 0 Å². The first kappa shape index (κ1) is 12.0. The molecule has 2 heterocycles. The second kappa shape index (κ2) is 5.25. The van der Waals surface area contributed by atoms with Gasteiger partial charge in [0.2, 0.25) is 0 Å². The van der Waals surface area contributed by atoms with E-state index < -0.39 is 0 Å². The number of aromatic nitrogens is 1. The zero-order chi connectivity index (χ0) is 11.5. The Morgan fingerprint density at radius 2 is 2.38 bits per heavy atom. The molecule has 0 saturated carbocycles. The summed E-state index contributed by atoms with van der Waals surface area (Å²) in [4.78, 5) is 8.69. The van der Waals surface area contributed by atoms with Crippen molar-refractivity contribution in [3.63, 3.8) is 0 Å². The second-order valence-electron chi connectivity index (χ2n) is 4.69. The number of hydrogen-bond donors (Lipinski definition) is 1. The van der Waals surface area contributed by atoms with Gasteiger partial charge in [-0.05, 0) is 19.9 Å². The number of fused-ring (bicyclic) bond motifs is 1. The third kappa shape index (κ3) is 2.81. The van der Waals surface area contributed by atoms with E-state index in [4.69, 9.17) is 10.7 Å². The molecule has 1 aliphatic heterocycles. The molecule has 1 atom stereocenters. The largest absolute Gasteiger partial charge is 0.328 e. The van der Waals surface area contributed by atoms with Crippen molar-refractivity contribution in [1.82, 2.24) is 9.88 Å². The Balaban J connectivity index is 2.04. The fourth-order valence-electron chi connectivity index (χ4n) is 2.17. The number of hydrogen-bond acceptors (Lipinski definition) is 4. The highest BCUT2D eigenvalue weighted by molar-refractivity contribution is 7.11. The van der Waals surface area contributed by atoms with Crippen LogP contribution in [0.25, 0.3) is 0 Å². The maximum atomic E-state index is 5.81. The van der Waals surface area contributed by atoms with Crippen LogP contribution in [-0.4, -0.2) is 29.0 Å². The molecular weight excluding hydrogens is 218 g/mol. The van der Waals surface area contributed by atoms with Gasteiger partial charge in [0.15, 0.2) is 0 Å². The first-order valence-corrected chi connectivity index (χ1v) is 6.96. The molecule has 1 unspecified atom stereocenters. The number of nitrogens with zero attached hydrogens (tertiary/aromatic N) is 2. The predicted molar refractivity (Wildman–Crippen MR) is 68.7 cm³/mol. The van der Waals surface area contributed by atoms with E-state index in [0.717, 1.165) is 19.4 Å². The van der Waals surface area contributed by atoms with Crippen molar-refractivity contribution in [3.05, 3.63) is 15.6 Å². The predicted octanol–water partition coefficient (Wildman–Crippen LogP) is 1.80. The quantitative estimate of drug-likeness (QED) is 0.871. The Bertz CT molecular complexity index is 346. The molecule has 90 valence electrons. The third-order valence-corrected chi connectivity index (χ3v) is 4.00. The summed E-state index contributed by atoms with van der Waals surface area (Å²) in [6.45, 7) is 7.76. The van der Waals surface area contributed by atoms with Crippen LogP contribution in [0.4, 0.5) is 0 Å². The van der Waals surface area contributed by atoms with Gasteiger partial charge in [0, 0.05) is 36.9 Å². The molecule has 0 aromatic carbocycles. The molecule has 4 heteroatoms. The maximum absolute atomic E-state index is 5.81. The Hall–Kier alpha value is -0.450. The first-order valence-electron chi connectivity index (χ1n) is 6.14. The molecule has 1 aromatic heterocycles. The minimum atomic E-state index is 0.222. The van der Waals surface area contributed by atoms with Gasteiger partial charge in [-0.3, -0.25) is 4.90 Å². The molecule has 0 aliphatic carbocycles. The van der Waals surface area contributed by atoms with Crippen LogP contribution in [0.3, 0.4) is 0 Å². The molecule has 2 N–H and O–H groups in total. The van der Waals surface area contributed by atoms with E-state index in [1.165, 1.54) is 35.1 Å². The minimum Gasteiger partial charge on any atom is -0.328 e. The third-order valence-electron chi connectivity index (χ3n) is 2.89. The molecule has 0 fully saturated rings. The lowest BCUT2D eigenvalue weighted by Crippen LogP contribution is -2.30. The minimum absolute atomic E-state index is 0.222. The van der Waals surface area contributed by atoms with Crippen LogP contribution in [0.5, 0.6) is 0 Å². The van der Waals surface area contributed by atoms with Crippen LogP contribution in [0.15, 0.2) is 0 Å². The standard InChI is InChI=1S/C12H21N3S/c1-3-5-15-6-4-10-11(8-15)16-12(14-10)7-9(2)13/h9H,3-8,13H2,1-2H3. The molecule has 0 bridgehead atoms. The van der Waals surface area contributed by atoms with E-state index in [1.54, 1.807) is 0 Å². The van der Waals surface area contributed by atoms with Crippen molar-refractivity contribution in [2.24, 2.45) is 5.73 Å². The molecule has 0 radical (unpaired) electrons. The summed E-state index contributed by atoms with van der Waals surface area (Å²) in [5, 5.41) is 1.22. The van der Waals surface area contributed by atoms with Gasteiger partial charge in [-0.25, -0.2) is 4.98 Å². The molecule has 3 nitrogen and oxygen atoms in total. The Morgan fingerprint density at radius 3 is 3.06 bits per heavy atom. The van der Waals surface area contributed by atoms with Gasteiger partial charge in [0.25, 0.3) is 0 Å². The topological polar surface area (TPSA) is 42.2 Å². The molecule has 2 rings (SSSR count). The lowest BCUT2D eigenvalue weighted by Gasteiger charge is -2.25. The number of thiazole rings is 1. The lowest BCUT2D eigenvalue weighted by molar-refractivity contribution is 0.256. The SMILES string of the molecule is CCCN1CCc2nc(CC(C)N)sc2C1. The molecular formula is C12H21N3S. The number of rotatable bonds is 4. The zero-order valence-electron chi connectivity index (χ0n) is 10.2. The maximum Gasteiger partial charge on any atom is 0.0946 e. The van der Waals surface area contributed by atoms with Crippen molar-refractivity contribution in [2.45, 2.75) is 45.7 Å². The fraction of sp³-hybridized carbons (Fsp3) is 0.750. The first-order chi connectivity index (χ1) is 7.69. The average Bonchev–Trinajstić information content (AvgIpc) is 2.58. The van der Waals surface area contributed by atoms with Crippen LogP contribution < -0.4 is 5.73 Å². The van der Waals surface area contributed by atoms with Crippen molar-refractivity contribution in [2.75, 3.05) is 13.1 Å². The Morgan fingerprint density at radius 1 is 1.56 bits per heavy atom. The summed E-state index contributed by atoms with van der Waals surface area (Å²) in [7, 11) is 0.